The number of hydrogen-bond donors (Lipinski definition) is 1. The highest BCUT2D eigenvalue weighted by Gasteiger charge is 2.35. The lowest BCUT2D eigenvalue weighted by molar-refractivity contribution is 0.404. The molecule has 2 heterocycles. The minimum absolute atomic E-state index is 0.218. The van der Waals surface area contributed by atoms with E-state index in [4.69, 9.17) is 21.7 Å². The van der Waals surface area contributed by atoms with E-state index in [9.17, 15) is 0 Å². The Morgan fingerprint density at radius 2 is 1.63 bits per heavy atom. The monoisotopic (exact) mass is 498 g/mol. The van der Waals surface area contributed by atoms with Gasteiger partial charge in [-0.05, 0) is 80.2 Å². The third kappa shape index (κ3) is 4.61. The first kappa shape index (κ1) is 23.3. The summed E-state index contributed by atoms with van der Waals surface area (Å²) in [6.07, 6.45) is 2.07. The van der Waals surface area contributed by atoms with Crippen molar-refractivity contribution in [2.75, 3.05) is 11.2 Å². The van der Waals surface area contributed by atoms with Gasteiger partial charge >= 0.3 is 0 Å². The second kappa shape index (κ2) is 9.68. The third-order valence-electron chi connectivity index (χ3n) is 6.09. The molecule has 176 valence electrons. The van der Waals surface area contributed by atoms with Crippen molar-refractivity contribution in [2.45, 2.75) is 31.7 Å². The lowest BCUT2D eigenvalue weighted by Crippen LogP contribution is -2.46. The fourth-order valence-electron chi connectivity index (χ4n) is 4.49. The quantitative estimate of drug-likeness (QED) is 0.236. The summed E-state index contributed by atoms with van der Waals surface area (Å²) in [4.78, 5) is 8.07. The highest BCUT2D eigenvalue weighted by atomic mass is 32.2. The molecule has 0 radical (unpaired) electrons. The summed E-state index contributed by atoms with van der Waals surface area (Å²) < 4.78 is 5.86. The average Bonchev–Trinajstić information content (AvgIpc) is 3.33. The highest BCUT2D eigenvalue weighted by molar-refractivity contribution is 7.98. The maximum absolute atomic E-state index is 5.89. The van der Waals surface area contributed by atoms with E-state index in [1.165, 1.54) is 16.0 Å². The summed E-state index contributed by atoms with van der Waals surface area (Å²) in [6, 6.07) is 24.6. The van der Waals surface area contributed by atoms with Gasteiger partial charge in [0, 0.05) is 21.8 Å². The minimum Gasteiger partial charge on any atom is -0.351 e. The fraction of sp³-hybridized carbons (Fsp3) is 0.179. The summed E-state index contributed by atoms with van der Waals surface area (Å²) in [6.45, 7) is 6.25. The van der Waals surface area contributed by atoms with Gasteiger partial charge in [0.25, 0.3) is 5.89 Å². The van der Waals surface area contributed by atoms with Gasteiger partial charge in [0.2, 0.25) is 5.82 Å². The number of allylic oxidation sites excluding steroid dienone is 1. The smallest absolute Gasteiger partial charge is 0.258 e. The van der Waals surface area contributed by atoms with Crippen molar-refractivity contribution in [1.29, 1.82) is 0 Å². The molecule has 1 atom stereocenters. The van der Waals surface area contributed by atoms with Crippen LogP contribution in [0.5, 0.6) is 0 Å². The van der Waals surface area contributed by atoms with E-state index in [0.29, 0.717) is 16.8 Å². The largest absolute Gasteiger partial charge is 0.351 e. The van der Waals surface area contributed by atoms with Gasteiger partial charge in [0.05, 0.1) is 11.6 Å². The van der Waals surface area contributed by atoms with Gasteiger partial charge in [-0.1, -0.05) is 53.7 Å². The molecule has 0 saturated carbocycles. The van der Waals surface area contributed by atoms with Crippen molar-refractivity contribution in [3.8, 4) is 11.4 Å². The molecule has 1 unspecified atom stereocenters. The van der Waals surface area contributed by atoms with Gasteiger partial charge in [0.15, 0.2) is 5.11 Å². The SMILES string of the molecule is CSc1ccc(C2NC(=S)N(c3cc(C)cc(C)c3)C(C)=C2c2nc(-c3ccccc3)no2)cc1. The molecule has 4 aromatic rings. The Kier molecular flexibility index (Phi) is 6.45. The molecule has 1 aromatic heterocycles. The Balaban J connectivity index is 1.66. The molecule has 0 fully saturated rings. The Labute approximate surface area is 215 Å². The number of benzene rings is 3. The summed E-state index contributed by atoms with van der Waals surface area (Å²) >= 11 is 7.61. The van der Waals surface area contributed by atoms with Crippen LogP contribution in [0.2, 0.25) is 0 Å². The van der Waals surface area contributed by atoms with Crippen molar-refractivity contribution in [2.24, 2.45) is 0 Å². The van der Waals surface area contributed by atoms with Crippen LogP contribution in [-0.2, 0) is 0 Å². The maximum Gasteiger partial charge on any atom is 0.258 e. The molecular weight excluding hydrogens is 472 g/mol. The Hall–Kier alpha value is -3.42. The number of thioether (sulfide) groups is 1. The molecule has 7 heteroatoms. The minimum atomic E-state index is -0.218. The first-order valence-electron chi connectivity index (χ1n) is 11.4. The molecule has 3 aromatic carbocycles. The molecule has 1 aliphatic rings. The summed E-state index contributed by atoms with van der Waals surface area (Å²) in [5.74, 6) is 1.04. The van der Waals surface area contributed by atoms with E-state index in [1.807, 2.05) is 30.3 Å². The van der Waals surface area contributed by atoms with Gasteiger partial charge in [-0.3, -0.25) is 4.90 Å². The van der Waals surface area contributed by atoms with E-state index in [2.05, 4.69) is 84.9 Å². The number of hydrogen-bond acceptors (Lipinski definition) is 5. The van der Waals surface area contributed by atoms with Crippen LogP contribution in [0, 0.1) is 13.8 Å². The van der Waals surface area contributed by atoms with Crippen LogP contribution in [0.4, 0.5) is 5.69 Å². The van der Waals surface area contributed by atoms with Gasteiger partial charge in [-0.2, -0.15) is 4.98 Å². The third-order valence-corrected chi connectivity index (χ3v) is 7.13. The second-order valence-corrected chi connectivity index (χ2v) is 9.89. The summed E-state index contributed by atoms with van der Waals surface area (Å²) in [7, 11) is 0. The van der Waals surface area contributed by atoms with Crippen molar-refractivity contribution < 1.29 is 4.52 Å². The van der Waals surface area contributed by atoms with Crippen LogP contribution in [0.15, 0.2) is 87.9 Å². The normalized spacial score (nSPS) is 15.9. The van der Waals surface area contributed by atoms with E-state index < -0.39 is 0 Å². The average molecular weight is 499 g/mol. The first-order chi connectivity index (χ1) is 16.9. The number of aryl methyl sites for hydroxylation is 2. The maximum atomic E-state index is 5.89. The highest BCUT2D eigenvalue weighted by Crippen LogP contribution is 2.39. The van der Waals surface area contributed by atoms with Crippen LogP contribution in [0.25, 0.3) is 17.0 Å². The van der Waals surface area contributed by atoms with Gasteiger partial charge in [0.1, 0.15) is 0 Å². The molecule has 0 aliphatic carbocycles. The van der Waals surface area contributed by atoms with E-state index >= 15 is 0 Å². The summed E-state index contributed by atoms with van der Waals surface area (Å²) in [5, 5.41) is 8.48. The Bertz CT molecular complexity index is 1390. The molecule has 35 heavy (non-hydrogen) atoms. The van der Waals surface area contributed by atoms with E-state index in [1.54, 1.807) is 11.8 Å². The number of rotatable bonds is 5. The predicted molar refractivity (Wildman–Crippen MR) is 147 cm³/mol. The summed E-state index contributed by atoms with van der Waals surface area (Å²) in [5.41, 5.74) is 7.22. The topological polar surface area (TPSA) is 54.2 Å². The van der Waals surface area contributed by atoms with Crippen molar-refractivity contribution >= 4 is 40.4 Å². The molecule has 0 saturated heterocycles. The zero-order valence-corrected chi connectivity index (χ0v) is 21.7. The Morgan fingerprint density at radius 1 is 0.943 bits per heavy atom. The van der Waals surface area contributed by atoms with Crippen LogP contribution < -0.4 is 10.2 Å². The molecule has 5 nitrogen and oxygen atoms in total. The number of aromatic nitrogens is 2. The van der Waals surface area contributed by atoms with E-state index in [0.717, 1.165) is 28.1 Å². The predicted octanol–water partition coefficient (Wildman–Crippen LogP) is 6.94. The number of nitrogens with zero attached hydrogens (tertiary/aromatic N) is 3. The van der Waals surface area contributed by atoms with Crippen molar-refractivity contribution in [1.82, 2.24) is 15.5 Å². The van der Waals surface area contributed by atoms with Crippen molar-refractivity contribution in [3.63, 3.8) is 0 Å². The van der Waals surface area contributed by atoms with Gasteiger partial charge < -0.3 is 9.84 Å². The van der Waals surface area contributed by atoms with Crippen LogP contribution in [-0.4, -0.2) is 21.5 Å². The molecule has 1 N–H and O–H groups in total. The van der Waals surface area contributed by atoms with Crippen molar-refractivity contribution in [3.05, 3.63) is 101 Å². The van der Waals surface area contributed by atoms with Gasteiger partial charge in [-0.15, -0.1) is 11.8 Å². The molecule has 0 spiro atoms. The number of nitrogens with one attached hydrogen (secondary N) is 1. The van der Waals surface area contributed by atoms with Crippen LogP contribution >= 0.6 is 24.0 Å². The molecule has 1 aliphatic heterocycles. The zero-order valence-electron chi connectivity index (χ0n) is 20.1. The van der Waals surface area contributed by atoms with Crippen LogP contribution in [0.3, 0.4) is 0 Å². The fourth-order valence-corrected chi connectivity index (χ4v) is 5.26. The number of anilines is 1. The Morgan fingerprint density at radius 3 is 2.29 bits per heavy atom. The lowest BCUT2D eigenvalue weighted by Gasteiger charge is -2.37. The number of thiocarbonyl (C=S) groups is 1. The van der Waals surface area contributed by atoms with E-state index in [-0.39, 0.29) is 6.04 Å². The molecular formula is C28H26N4OS2. The molecule has 0 bridgehead atoms. The van der Waals surface area contributed by atoms with Crippen LogP contribution in [0.1, 0.15) is 35.5 Å². The second-order valence-electron chi connectivity index (χ2n) is 8.63. The first-order valence-corrected chi connectivity index (χ1v) is 13.0. The lowest BCUT2D eigenvalue weighted by atomic mass is 9.94. The zero-order chi connectivity index (χ0) is 24.5. The molecule has 5 rings (SSSR count). The van der Waals surface area contributed by atoms with Gasteiger partial charge in [-0.25, -0.2) is 0 Å². The standard InChI is InChI=1S/C28H26N4OS2/c1-17-14-18(2)16-22(15-17)32-19(3)24(27-30-26(31-33-27)21-8-6-5-7-9-21)25(29-28(32)34)20-10-12-23(35-4)13-11-20/h5-16,25H,1-4H3,(H,29,34). The molecule has 0 amide bonds.